The van der Waals surface area contributed by atoms with Gasteiger partial charge < -0.3 is 9.47 Å². The van der Waals surface area contributed by atoms with Crippen molar-refractivity contribution in [1.82, 2.24) is 0 Å². The average Bonchev–Trinajstić information content (AvgIpc) is 3.13. The van der Waals surface area contributed by atoms with Crippen LogP contribution in [0.5, 0.6) is 0 Å². The highest BCUT2D eigenvalue weighted by atomic mass is 16.7. The van der Waals surface area contributed by atoms with E-state index in [2.05, 4.69) is 6.92 Å². The molecule has 1 aromatic carbocycles. The Balaban J connectivity index is 1.77. The third-order valence-electron chi connectivity index (χ3n) is 3.61. The van der Waals surface area contributed by atoms with Gasteiger partial charge in [0.05, 0.1) is 6.61 Å². The van der Waals surface area contributed by atoms with Gasteiger partial charge in [-0.15, -0.1) is 0 Å². The lowest BCUT2D eigenvalue weighted by molar-refractivity contribution is -0.145. The molecule has 3 nitrogen and oxygen atoms in total. The number of rotatable bonds is 7. The summed E-state index contributed by atoms with van der Waals surface area (Å²) in [6.07, 6.45) is 3.99. The zero-order valence-corrected chi connectivity index (χ0v) is 11.7. The summed E-state index contributed by atoms with van der Waals surface area (Å²) in [5.41, 5.74) is 0.532. The van der Waals surface area contributed by atoms with Crippen LogP contribution in [0.25, 0.3) is 0 Å². The van der Waals surface area contributed by atoms with Gasteiger partial charge in [0.15, 0.2) is 6.10 Å². The Morgan fingerprint density at radius 1 is 1.26 bits per heavy atom. The molecule has 0 radical (unpaired) electrons. The van der Waals surface area contributed by atoms with Gasteiger partial charge in [0.1, 0.15) is 5.60 Å². The summed E-state index contributed by atoms with van der Waals surface area (Å²) in [6.45, 7) is 4.60. The van der Waals surface area contributed by atoms with Crippen LogP contribution in [0, 0.1) is 0 Å². The molecule has 0 amide bonds. The highest BCUT2D eigenvalue weighted by Gasteiger charge is 2.59. The molecule has 19 heavy (non-hydrogen) atoms. The molecule has 0 bridgehead atoms. The number of carbonyl (C=O) groups is 1. The maximum Gasteiger partial charge on any atom is 0.338 e. The van der Waals surface area contributed by atoms with Gasteiger partial charge in [-0.05, 0) is 18.9 Å². The predicted octanol–water partition coefficient (Wildman–Crippen LogP) is 3.42. The maximum absolute atomic E-state index is 11.9. The Labute approximate surface area is 114 Å². The number of epoxide rings is 1. The Bertz CT molecular complexity index is 415. The van der Waals surface area contributed by atoms with Gasteiger partial charge >= 0.3 is 5.97 Å². The second-order valence-corrected chi connectivity index (χ2v) is 5.20. The molecule has 2 rings (SSSR count). The van der Waals surface area contributed by atoms with Gasteiger partial charge in [-0.1, -0.05) is 56.5 Å². The van der Waals surface area contributed by atoms with Crippen LogP contribution in [0.15, 0.2) is 30.3 Å². The van der Waals surface area contributed by atoms with Crippen molar-refractivity contribution in [3.05, 3.63) is 35.9 Å². The van der Waals surface area contributed by atoms with Gasteiger partial charge in [0, 0.05) is 0 Å². The van der Waals surface area contributed by atoms with E-state index in [1.807, 2.05) is 37.3 Å². The standard InChI is InChI=1S/C16H22O3/c1-3-4-5-9-12-18-15(17)14-16(2,19-14)13-10-7-6-8-11-13/h6-8,10-11,14H,3-5,9,12H2,1-2H3. The summed E-state index contributed by atoms with van der Waals surface area (Å²) >= 11 is 0. The molecule has 0 N–H and O–H groups in total. The molecule has 1 aliphatic heterocycles. The minimum Gasteiger partial charge on any atom is -0.464 e. The summed E-state index contributed by atoms with van der Waals surface area (Å²) in [4.78, 5) is 11.9. The number of carbonyl (C=O) groups excluding carboxylic acids is 1. The van der Waals surface area contributed by atoms with Gasteiger partial charge in [-0.25, -0.2) is 4.79 Å². The maximum atomic E-state index is 11.9. The zero-order valence-electron chi connectivity index (χ0n) is 11.7. The van der Waals surface area contributed by atoms with E-state index >= 15 is 0 Å². The van der Waals surface area contributed by atoms with Crippen molar-refractivity contribution >= 4 is 5.97 Å². The molecule has 0 spiro atoms. The second kappa shape index (κ2) is 6.20. The lowest BCUT2D eigenvalue weighted by Crippen LogP contribution is -2.19. The van der Waals surface area contributed by atoms with Crippen LogP contribution in [-0.4, -0.2) is 18.7 Å². The topological polar surface area (TPSA) is 38.8 Å². The Morgan fingerprint density at radius 2 is 2.00 bits per heavy atom. The molecule has 1 heterocycles. The minimum absolute atomic E-state index is 0.233. The summed E-state index contributed by atoms with van der Waals surface area (Å²) in [5.74, 6) is -0.233. The molecule has 2 atom stereocenters. The van der Waals surface area contributed by atoms with Gasteiger partial charge in [0.25, 0.3) is 0 Å². The van der Waals surface area contributed by atoms with Gasteiger partial charge in [-0.2, -0.15) is 0 Å². The number of benzene rings is 1. The van der Waals surface area contributed by atoms with E-state index in [1.54, 1.807) is 0 Å². The van der Waals surface area contributed by atoms with Gasteiger partial charge in [-0.3, -0.25) is 0 Å². The van der Waals surface area contributed by atoms with Crippen molar-refractivity contribution in [2.45, 2.75) is 51.2 Å². The first kappa shape index (κ1) is 14.1. The third-order valence-corrected chi connectivity index (χ3v) is 3.61. The van der Waals surface area contributed by atoms with Crippen molar-refractivity contribution in [2.24, 2.45) is 0 Å². The Morgan fingerprint density at radius 3 is 2.68 bits per heavy atom. The predicted molar refractivity (Wildman–Crippen MR) is 73.8 cm³/mol. The first-order valence-corrected chi connectivity index (χ1v) is 7.08. The number of esters is 1. The Kier molecular flexibility index (Phi) is 4.59. The van der Waals surface area contributed by atoms with Crippen LogP contribution in [-0.2, 0) is 19.9 Å². The first-order chi connectivity index (χ1) is 9.18. The fourth-order valence-electron chi connectivity index (χ4n) is 2.25. The lowest BCUT2D eigenvalue weighted by atomic mass is 9.97. The number of hydrogen-bond donors (Lipinski definition) is 0. The van der Waals surface area contributed by atoms with E-state index in [-0.39, 0.29) is 5.97 Å². The van der Waals surface area contributed by atoms with Crippen LogP contribution in [0.4, 0.5) is 0 Å². The minimum atomic E-state index is -0.498. The molecule has 104 valence electrons. The smallest absolute Gasteiger partial charge is 0.338 e. The molecular formula is C16H22O3. The molecule has 1 fully saturated rings. The molecule has 2 unspecified atom stereocenters. The summed E-state index contributed by atoms with van der Waals surface area (Å²) in [7, 11) is 0. The fraction of sp³-hybridized carbons (Fsp3) is 0.562. The van der Waals surface area contributed by atoms with Crippen molar-refractivity contribution in [2.75, 3.05) is 6.61 Å². The van der Waals surface area contributed by atoms with E-state index in [9.17, 15) is 4.79 Å². The van der Waals surface area contributed by atoms with E-state index in [4.69, 9.17) is 9.47 Å². The number of unbranched alkanes of at least 4 members (excludes halogenated alkanes) is 3. The summed E-state index contributed by atoms with van der Waals surface area (Å²) in [6, 6.07) is 9.82. The number of hydrogen-bond acceptors (Lipinski definition) is 3. The molecule has 1 aliphatic rings. The van der Waals surface area contributed by atoms with E-state index in [1.165, 1.54) is 12.8 Å². The zero-order chi connectivity index (χ0) is 13.7. The van der Waals surface area contributed by atoms with E-state index < -0.39 is 11.7 Å². The van der Waals surface area contributed by atoms with Crippen LogP contribution in [0.3, 0.4) is 0 Å². The highest BCUT2D eigenvalue weighted by Crippen LogP contribution is 2.46. The lowest BCUT2D eigenvalue weighted by Gasteiger charge is -2.06. The normalized spacial score (nSPS) is 25.1. The highest BCUT2D eigenvalue weighted by molar-refractivity contribution is 5.79. The fourth-order valence-corrected chi connectivity index (χ4v) is 2.25. The van der Waals surface area contributed by atoms with E-state index in [0.29, 0.717) is 6.61 Å². The third kappa shape index (κ3) is 3.35. The summed E-state index contributed by atoms with van der Waals surface area (Å²) in [5, 5.41) is 0. The van der Waals surface area contributed by atoms with Crippen molar-refractivity contribution in [3.63, 3.8) is 0 Å². The van der Waals surface area contributed by atoms with Crippen LogP contribution in [0.2, 0.25) is 0 Å². The van der Waals surface area contributed by atoms with Crippen molar-refractivity contribution in [1.29, 1.82) is 0 Å². The molecule has 0 aromatic heterocycles. The monoisotopic (exact) mass is 262 g/mol. The molecule has 3 heteroatoms. The SMILES string of the molecule is CCCCCCOC(=O)C1OC1(C)c1ccccc1. The molecule has 0 aliphatic carbocycles. The average molecular weight is 262 g/mol. The second-order valence-electron chi connectivity index (χ2n) is 5.20. The van der Waals surface area contributed by atoms with Crippen LogP contribution < -0.4 is 0 Å². The number of ether oxygens (including phenoxy) is 2. The quantitative estimate of drug-likeness (QED) is 0.429. The van der Waals surface area contributed by atoms with Crippen molar-refractivity contribution in [3.8, 4) is 0 Å². The molecule has 0 saturated carbocycles. The van der Waals surface area contributed by atoms with Crippen LogP contribution in [0.1, 0.15) is 45.1 Å². The van der Waals surface area contributed by atoms with Crippen molar-refractivity contribution < 1.29 is 14.3 Å². The van der Waals surface area contributed by atoms with Crippen LogP contribution >= 0.6 is 0 Å². The largest absolute Gasteiger partial charge is 0.464 e. The summed E-state index contributed by atoms with van der Waals surface area (Å²) < 4.78 is 10.8. The molecular weight excluding hydrogens is 240 g/mol. The Hall–Kier alpha value is -1.35. The molecule has 1 aromatic rings. The molecule has 1 saturated heterocycles. The van der Waals surface area contributed by atoms with Gasteiger partial charge in [0.2, 0.25) is 0 Å². The van der Waals surface area contributed by atoms with E-state index in [0.717, 1.165) is 18.4 Å². The first-order valence-electron chi connectivity index (χ1n) is 7.08.